The topological polar surface area (TPSA) is 90.3 Å². The summed E-state index contributed by atoms with van der Waals surface area (Å²) >= 11 is 0. The van der Waals surface area contributed by atoms with Crippen LogP contribution in [-0.2, 0) is 9.59 Å². The van der Waals surface area contributed by atoms with Crippen molar-refractivity contribution in [2.75, 3.05) is 33.8 Å². The highest BCUT2D eigenvalue weighted by Gasteiger charge is 2.45. The maximum absolute atomic E-state index is 13.0. The summed E-state index contributed by atoms with van der Waals surface area (Å²) in [6.07, 6.45) is 2.30. The van der Waals surface area contributed by atoms with Gasteiger partial charge in [0.15, 0.2) is 0 Å². The van der Waals surface area contributed by atoms with Crippen LogP contribution < -0.4 is 4.74 Å². The molecule has 0 radical (unpaired) electrons. The van der Waals surface area contributed by atoms with E-state index in [0.717, 1.165) is 6.54 Å². The SMILES string of the molecule is C=CCOc1ccc(C(O)=C2C(=O)C(=O)N(CCCN(C)C)[C@@H]2c2ccc(O)cc2)cc1. The van der Waals surface area contributed by atoms with E-state index in [-0.39, 0.29) is 17.1 Å². The molecule has 2 N–H and O–H groups in total. The molecule has 2 aromatic carbocycles. The van der Waals surface area contributed by atoms with Crippen molar-refractivity contribution in [2.24, 2.45) is 0 Å². The van der Waals surface area contributed by atoms with Gasteiger partial charge in [-0.3, -0.25) is 9.59 Å². The third kappa shape index (κ3) is 5.00. The molecule has 168 valence electrons. The van der Waals surface area contributed by atoms with E-state index < -0.39 is 17.7 Å². The van der Waals surface area contributed by atoms with Crippen LogP contribution in [0.5, 0.6) is 11.5 Å². The van der Waals surface area contributed by atoms with Crippen molar-refractivity contribution in [1.82, 2.24) is 9.80 Å². The smallest absolute Gasteiger partial charge is 0.295 e. The second kappa shape index (κ2) is 10.2. The van der Waals surface area contributed by atoms with Gasteiger partial charge in [0, 0.05) is 12.1 Å². The third-order valence-corrected chi connectivity index (χ3v) is 5.25. The quantitative estimate of drug-likeness (QED) is 0.271. The predicted octanol–water partition coefficient (Wildman–Crippen LogP) is 3.33. The number of ether oxygens (including phenoxy) is 1. The molecule has 0 bridgehead atoms. The van der Waals surface area contributed by atoms with Crippen molar-refractivity contribution < 1.29 is 24.5 Å². The molecule has 0 saturated carbocycles. The van der Waals surface area contributed by atoms with E-state index in [0.29, 0.717) is 36.4 Å². The van der Waals surface area contributed by atoms with Crippen LogP contribution >= 0.6 is 0 Å². The lowest BCUT2D eigenvalue weighted by molar-refractivity contribution is -0.139. The van der Waals surface area contributed by atoms with Gasteiger partial charge in [0.2, 0.25) is 0 Å². The second-order valence-corrected chi connectivity index (χ2v) is 7.86. The van der Waals surface area contributed by atoms with Gasteiger partial charge in [-0.2, -0.15) is 0 Å². The van der Waals surface area contributed by atoms with Gasteiger partial charge in [-0.1, -0.05) is 24.8 Å². The Kier molecular flexibility index (Phi) is 7.33. The zero-order chi connectivity index (χ0) is 23.3. The van der Waals surface area contributed by atoms with Crippen molar-refractivity contribution in [2.45, 2.75) is 12.5 Å². The fraction of sp³-hybridized carbons (Fsp3) is 0.280. The third-order valence-electron chi connectivity index (χ3n) is 5.25. The Bertz CT molecular complexity index is 1010. The number of ketones is 1. The molecule has 1 saturated heterocycles. The number of benzene rings is 2. The number of hydrogen-bond acceptors (Lipinski definition) is 6. The molecule has 1 aliphatic heterocycles. The minimum Gasteiger partial charge on any atom is -0.508 e. The lowest BCUT2D eigenvalue weighted by Crippen LogP contribution is -2.32. The molecule has 0 unspecified atom stereocenters. The van der Waals surface area contributed by atoms with Crippen molar-refractivity contribution >= 4 is 17.4 Å². The molecule has 1 heterocycles. The number of nitrogens with zero attached hydrogens (tertiary/aromatic N) is 2. The fourth-order valence-corrected chi connectivity index (χ4v) is 3.69. The Morgan fingerprint density at radius 3 is 2.38 bits per heavy atom. The molecule has 3 rings (SSSR count). The molecule has 1 aliphatic rings. The van der Waals surface area contributed by atoms with E-state index >= 15 is 0 Å². The number of carbonyl (C=O) groups is 2. The van der Waals surface area contributed by atoms with E-state index in [4.69, 9.17) is 4.74 Å². The Morgan fingerprint density at radius 2 is 1.78 bits per heavy atom. The Hall–Kier alpha value is -3.58. The summed E-state index contributed by atoms with van der Waals surface area (Å²) in [6.45, 7) is 5.06. The summed E-state index contributed by atoms with van der Waals surface area (Å²) in [7, 11) is 3.88. The van der Waals surface area contributed by atoms with Gasteiger partial charge >= 0.3 is 0 Å². The molecule has 1 fully saturated rings. The molecule has 7 heteroatoms. The summed E-state index contributed by atoms with van der Waals surface area (Å²) in [4.78, 5) is 29.4. The average molecular weight is 437 g/mol. The molecule has 2 aromatic rings. The zero-order valence-corrected chi connectivity index (χ0v) is 18.3. The molecule has 0 aliphatic carbocycles. The Labute approximate surface area is 187 Å². The van der Waals surface area contributed by atoms with E-state index in [9.17, 15) is 19.8 Å². The first-order valence-corrected chi connectivity index (χ1v) is 10.4. The van der Waals surface area contributed by atoms with E-state index in [2.05, 4.69) is 6.58 Å². The van der Waals surface area contributed by atoms with Crippen molar-refractivity contribution in [3.8, 4) is 11.5 Å². The van der Waals surface area contributed by atoms with Gasteiger partial charge in [-0.05, 0) is 69.0 Å². The Morgan fingerprint density at radius 1 is 1.12 bits per heavy atom. The standard InChI is InChI=1S/C25H28N2O5/c1-4-16-32-20-12-8-18(9-13-20)23(29)21-22(17-6-10-19(28)11-7-17)27(25(31)24(21)30)15-5-14-26(2)3/h4,6-13,22,28-29H,1,5,14-16H2,2-3H3/t22-/m1/s1. The number of phenols is 1. The highest BCUT2D eigenvalue weighted by molar-refractivity contribution is 6.46. The maximum Gasteiger partial charge on any atom is 0.295 e. The van der Waals surface area contributed by atoms with Gasteiger partial charge in [0.1, 0.15) is 23.9 Å². The fourth-order valence-electron chi connectivity index (χ4n) is 3.69. The van der Waals surface area contributed by atoms with Crippen LogP contribution in [0.15, 0.2) is 66.8 Å². The monoisotopic (exact) mass is 436 g/mol. The van der Waals surface area contributed by atoms with Crippen LogP contribution in [0.1, 0.15) is 23.6 Å². The van der Waals surface area contributed by atoms with E-state index in [1.54, 1.807) is 42.5 Å². The van der Waals surface area contributed by atoms with Gasteiger partial charge in [0.05, 0.1) is 11.6 Å². The maximum atomic E-state index is 13.0. The lowest BCUT2D eigenvalue weighted by atomic mass is 9.95. The van der Waals surface area contributed by atoms with Gasteiger partial charge in [-0.25, -0.2) is 0 Å². The Balaban J connectivity index is 2.02. The molecule has 1 amide bonds. The van der Waals surface area contributed by atoms with Gasteiger partial charge in [0.25, 0.3) is 11.7 Å². The molecular formula is C25H28N2O5. The van der Waals surface area contributed by atoms with Crippen LogP contribution in [0.3, 0.4) is 0 Å². The minimum atomic E-state index is -0.741. The van der Waals surface area contributed by atoms with Gasteiger partial charge < -0.3 is 24.7 Å². The number of aliphatic hydroxyl groups excluding tert-OH is 1. The number of hydrogen-bond donors (Lipinski definition) is 2. The van der Waals surface area contributed by atoms with Crippen LogP contribution in [0.4, 0.5) is 0 Å². The highest BCUT2D eigenvalue weighted by atomic mass is 16.5. The van der Waals surface area contributed by atoms with Crippen LogP contribution in [-0.4, -0.2) is 65.5 Å². The number of Topliss-reactive ketones (excluding diaryl/α,β-unsaturated/α-hetero) is 1. The molecular weight excluding hydrogens is 408 g/mol. The summed E-state index contributed by atoms with van der Waals surface area (Å²) in [5, 5.41) is 20.7. The molecule has 0 spiro atoms. The summed E-state index contributed by atoms with van der Waals surface area (Å²) in [6, 6.07) is 12.2. The lowest BCUT2D eigenvalue weighted by Gasteiger charge is -2.26. The average Bonchev–Trinajstić information content (AvgIpc) is 3.03. The van der Waals surface area contributed by atoms with Crippen molar-refractivity contribution in [3.05, 3.63) is 77.9 Å². The van der Waals surface area contributed by atoms with Crippen molar-refractivity contribution in [3.63, 3.8) is 0 Å². The minimum absolute atomic E-state index is 0.0327. The first kappa shape index (κ1) is 23.1. The number of likely N-dealkylation sites (tertiary alicyclic amines) is 1. The van der Waals surface area contributed by atoms with Crippen LogP contribution in [0, 0.1) is 0 Å². The molecule has 1 atom stereocenters. The largest absolute Gasteiger partial charge is 0.508 e. The zero-order valence-electron chi connectivity index (χ0n) is 18.3. The van der Waals surface area contributed by atoms with E-state index in [1.165, 1.54) is 17.0 Å². The number of aromatic hydroxyl groups is 1. The highest BCUT2D eigenvalue weighted by Crippen LogP contribution is 2.40. The molecule has 32 heavy (non-hydrogen) atoms. The second-order valence-electron chi connectivity index (χ2n) is 7.86. The number of rotatable bonds is 9. The summed E-state index contributed by atoms with van der Waals surface area (Å²) < 4.78 is 5.46. The summed E-state index contributed by atoms with van der Waals surface area (Å²) in [5.41, 5.74) is 1.08. The number of carbonyl (C=O) groups excluding carboxylic acids is 2. The first-order valence-electron chi connectivity index (χ1n) is 10.4. The first-order chi connectivity index (χ1) is 15.3. The summed E-state index contributed by atoms with van der Waals surface area (Å²) in [5.74, 6) is -0.937. The predicted molar refractivity (Wildman–Crippen MR) is 122 cm³/mol. The number of phenolic OH excluding ortho intramolecular Hbond substituents is 1. The number of amides is 1. The molecule has 0 aromatic heterocycles. The molecule has 7 nitrogen and oxygen atoms in total. The van der Waals surface area contributed by atoms with Gasteiger partial charge in [-0.15, -0.1) is 0 Å². The normalized spacial score (nSPS) is 17.7. The number of aliphatic hydroxyl groups is 1. The van der Waals surface area contributed by atoms with E-state index in [1.807, 2.05) is 19.0 Å². The van der Waals surface area contributed by atoms with Crippen LogP contribution in [0.2, 0.25) is 0 Å². The van der Waals surface area contributed by atoms with Crippen LogP contribution in [0.25, 0.3) is 5.76 Å². The van der Waals surface area contributed by atoms with Crippen molar-refractivity contribution in [1.29, 1.82) is 0 Å².